The zero-order valence-electron chi connectivity index (χ0n) is 20.0. The Balaban J connectivity index is 1.44. The van der Waals surface area contributed by atoms with Crippen LogP contribution in [0.15, 0.2) is 49.2 Å². The average Bonchev–Trinajstić information content (AvgIpc) is 3.52. The molecule has 5 heterocycles. The molecule has 1 saturated heterocycles. The van der Waals surface area contributed by atoms with Gasteiger partial charge in [-0.3, -0.25) is 4.98 Å². The lowest BCUT2D eigenvalue weighted by molar-refractivity contribution is 0.346. The van der Waals surface area contributed by atoms with Crippen LogP contribution in [-0.2, 0) is 12.1 Å². The molecule has 5 aromatic rings. The third-order valence-electron chi connectivity index (χ3n) is 6.65. The van der Waals surface area contributed by atoms with E-state index >= 15 is 0 Å². The van der Waals surface area contributed by atoms with Gasteiger partial charge in [-0.05, 0) is 31.0 Å². The fourth-order valence-corrected chi connectivity index (χ4v) is 5.91. The second-order valence-electron chi connectivity index (χ2n) is 9.22. The van der Waals surface area contributed by atoms with Crippen molar-refractivity contribution in [3.63, 3.8) is 0 Å². The maximum atomic E-state index is 14.7. The van der Waals surface area contributed by atoms with Crippen molar-refractivity contribution in [1.29, 1.82) is 0 Å². The minimum absolute atomic E-state index is 0.121. The number of nitrogen functional groups attached to an aromatic ring is 1. The number of pyridine rings is 1. The van der Waals surface area contributed by atoms with Gasteiger partial charge < -0.3 is 20.9 Å². The Morgan fingerprint density at radius 3 is 2.68 bits per heavy atom. The predicted molar refractivity (Wildman–Crippen MR) is 138 cm³/mol. The molecule has 4 N–H and O–H groups in total. The van der Waals surface area contributed by atoms with E-state index in [-0.39, 0.29) is 22.9 Å². The molecule has 4 aromatic heterocycles. The molecule has 1 unspecified atom stereocenters. The Kier molecular flexibility index (Phi) is 5.95. The van der Waals surface area contributed by atoms with E-state index in [4.69, 9.17) is 11.5 Å². The van der Waals surface area contributed by atoms with Crippen molar-refractivity contribution in [3.8, 4) is 10.6 Å². The number of nitrogens with zero attached hydrogens (tertiary/aromatic N) is 7. The number of piperidine rings is 1. The molecule has 0 spiro atoms. The van der Waals surface area contributed by atoms with Crippen LogP contribution in [0.3, 0.4) is 0 Å². The van der Waals surface area contributed by atoms with Crippen molar-refractivity contribution in [2.75, 3.05) is 23.7 Å². The Hall–Kier alpha value is -4.10. The number of hydrogen-bond acceptors (Lipinski definition) is 9. The van der Waals surface area contributed by atoms with Crippen LogP contribution in [0.25, 0.3) is 21.7 Å². The fourth-order valence-electron chi connectivity index (χ4n) is 4.79. The molecule has 0 radical (unpaired) electrons. The molecule has 9 nitrogen and oxygen atoms in total. The minimum atomic E-state index is -1.26. The molecule has 1 atom stereocenters. The van der Waals surface area contributed by atoms with Crippen LogP contribution in [0.1, 0.15) is 24.2 Å². The topological polar surface area (TPSA) is 125 Å². The van der Waals surface area contributed by atoms with Crippen LogP contribution in [-0.4, -0.2) is 42.6 Å². The minimum Gasteiger partial charge on any atom is -0.382 e. The highest BCUT2D eigenvalue weighted by Crippen LogP contribution is 2.40. The summed E-state index contributed by atoms with van der Waals surface area (Å²) >= 11 is 1.19. The van der Waals surface area contributed by atoms with Gasteiger partial charge in [-0.2, -0.15) is 0 Å². The number of anilines is 2. The number of fused-ring (bicyclic) bond motifs is 1. The van der Waals surface area contributed by atoms with Crippen LogP contribution >= 0.6 is 11.3 Å². The second kappa shape index (κ2) is 9.33. The summed E-state index contributed by atoms with van der Waals surface area (Å²) in [4.78, 5) is 23.8. The van der Waals surface area contributed by atoms with Gasteiger partial charge in [0.2, 0.25) is 0 Å². The monoisotopic (exact) mass is 537 g/mol. The van der Waals surface area contributed by atoms with E-state index in [9.17, 15) is 13.2 Å². The number of imidazole rings is 1. The van der Waals surface area contributed by atoms with Crippen molar-refractivity contribution in [2.45, 2.75) is 24.9 Å². The van der Waals surface area contributed by atoms with Gasteiger partial charge in [-0.25, -0.2) is 33.1 Å². The number of benzene rings is 1. The molecule has 13 heteroatoms. The summed E-state index contributed by atoms with van der Waals surface area (Å²) in [6, 6.07) is 7.00. The third kappa shape index (κ3) is 4.23. The largest absolute Gasteiger partial charge is 0.382 e. The van der Waals surface area contributed by atoms with Gasteiger partial charge in [0.15, 0.2) is 23.1 Å². The Morgan fingerprint density at radius 2 is 1.87 bits per heavy atom. The summed E-state index contributed by atoms with van der Waals surface area (Å²) in [6.45, 7) is 1.35. The molecular weight excluding hydrogens is 515 g/mol. The van der Waals surface area contributed by atoms with Gasteiger partial charge in [-0.15, -0.1) is 0 Å². The highest BCUT2D eigenvalue weighted by Gasteiger charge is 2.36. The van der Waals surface area contributed by atoms with Crippen LogP contribution < -0.4 is 16.4 Å². The van der Waals surface area contributed by atoms with Crippen LogP contribution in [0, 0.1) is 17.5 Å². The molecule has 194 valence electrons. The van der Waals surface area contributed by atoms with E-state index in [0.717, 1.165) is 29.6 Å². The van der Waals surface area contributed by atoms with Gasteiger partial charge in [0, 0.05) is 30.9 Å². The number of rotatable bonds is 5. The van der Waals surface area contributed by atoms with E-state index in [1.54, 1.807) is 17.1 Å². The van der Waals surface area contributed by atoms with Crippen LogP contribution in [0.2, 0.25) is 0 Å². The normalized spacial score (nSPS) is 17.8. The van der Waals surface area contributed by atoms with Gasteiger partial charge in [0.25, 0.3) is 0 Å². The Bertz CT molecular complexity index is 1640. The van der Waals surface area contributed by atoms with E-state index < -0.39 is 23.0 Å². The summed E-state index contributed by atoms with van der Waals surface area (Å²) in [5, 5.41) is 0.953. The maximum absolute atomic E-state index is 14.7. The maximum Gasteiger partial charge on any atom is 0.165 e. The summed E-state index contributed by atoms with van der Waals surface area (Å²) in [5.74, 6) is -3.06. The fraction of sp³-hybridized carbons (Fsp3) is 0.240. The molecule has 6 rings (SSSR count). The number of halogens is 3. The lowest BCUT2D eigenvalue weighted by Gasteiger charge is -2.40. The zero-order valence-corrected chi connectivity index (χ0v) is 20.8. The first-order chi connectivity index (χ1) is 18.3. The van der Waals surface area contributed by atoms with Crippen molar-refractivity contribution >= 4 is 33.3 Å². The van der Waals surface area contributed by atoms with Crippen LogP contribution in [0.4, 0.5) is 24.0 Å². The molecule has 0 bridgehead atoms. The third-order valence-corrected chi connectivity index (χ3v) is 7.84. The number of thiazole rings is 1. The summed E-state index contributed by atoms with van der Waals surface area (Å²) in [5.41, 5.74) is 14.3. The summed E-state index contributed by atoms with van der Waals surface area (Å²) in [6.07, 6.45) is 6.16. The first kappa shape index (κ1) is 24.2. The van der Waals surface area contributed by atoms with E-state index in [1.165, 1.54) is 17.7 Å². The Morgan fingerprint density at radius 1 is 1.03 bits per heavy atom. The lowest BCUT2D eigenvalue weighted by atomic mass is 9.86. The molecule has 0 aliphatic carbocycles. The van der Waals surface area contributed by atoms with Crippen molar-refractivity contribution in [3.05, 3.63) is 78.0 Å². The zero-order chi connectivity index (χ0) is 26.4. The van der Waals surface area contributed by atoms with Gasteiger partial charge in [-0.1, -0.05) is 17.4 Å². The second-order valence-corrected chi connectivity index (χ2v) is 10.2. The predicted octanol–water partition coefficient (Wildman–Crippen LogP) is 3.85. The van der Waals surface area contributed by atoms with E-state index in [1.807, 2.05) is 18.2 Å². The van der Waals surface area contributed by atoms with E-state index in [2.05, 4.69) is 29.8 Å². The number of aromatic nitrogens is 6. The SMILES string of the molecule is Nc1ncnc2c1ncn2Cc1nc(-c2cc(F)c(F)cc2F)sc1N1CCCC(N)(c2ccccn2)C1. The lowest BCUT2D eigenvalue weighted by Crippen LogP contribution is -2.52. The molecule has 0 saturated carbocycles. The van der Waals surface area contributed by atoms with Gasteiger partial charge in [0.05, 0.1) is 29.8 Å². The standard InChI is InChI=1S/C25H22F3N9S/c26-15-9-17(28)16(27)8-14(15)23-35-18(10-37-13-34-20-21(29)32-12-33-22(20)37)24(38-23)36-7-3-5-25(30,11-36)19-4-1-2-6-31-19/h1-2,4,6,8-9,12-13H,3,5,7,10-11,30H2,(H2,29,32,33). The first-order valence-corrected chi connectivity index (χ1v) is 12.7. The molecule has 0 amide bonds. The quantitative estimate of drug-likeness (QED) is 0.324. The van der Waals surface area contributed by atoms with Crippen molar-refractivity contribution < 1.29 is 13.2 Å². The first-order valence-electron chi connectivity index (χ1n) is 11.8. The molecule has 1 aromatic carbocycles. The number of nitrogens with two attached hydrogens (primary N) is 2. The molecule has 38 heavy (non-hydrogen) atoms. The highest BCUT2D eigenvalue weighted by atomic mass is 32.1. The van der Waals surface area contributed by atoms with E-state index in [0.29, 0.717) is 36.0 Å². The highest BCUT2D eigenvalue weighted by molar-refractivity contribution is 7.19. The van der Waals surface area contributed by atoms with Gasteiger partial charge >= 0.3 is 0 Å². The average molecular weight is 538 g/mol. The van der Waals surface area contributed by atoms with Crippen LogP contribution in [0.5, 0.6) is 0 Å². The van der Waals surface area contributed by atoms with Crippen molar-refractivity contribution in [1.82, 2.24) is 29.5 Å². The molecular formula is C25H22F3N9S. The van der Waals surface area contributed by atoms with Crippen molar-refractivity contribution in [2.24, 2.45) is 5.73 Å². The molecule has 1 fully saturated rings. The molecule has 1 aliphatic rings. The summed E-state index contributed by atoms with van der Waals surface area (Å²) in [7, 11) is 0. The van der Waals surface area contributed by atoms with Gasteiger partial charge in [0.1, 0.15) is 27.7 Å². The smallest absolute Gasteiger partial charge is 0.165 e. The number of hydrogen-bond donors (Lipinski definition) is 2. The Labute approximate surface area is 219 Å². The molecule has 1 aliphatic heterocycles. The summed E-state index contributed by atoms with van der Waals surface area (Å²) < 4.78 is 44.2.